The summed E-state index contributed by atoms with van der Waals surface area (Å²) in [6, 6.07) is 18.1. The van der Waals surface area contributed by atoms with E-state index >= 15 is 0 Å². The number of hydrogen-bond donors (Lipinski definition) is 0. The fourth-order valence-electron chi connectivity index (χ4n) is 2.50. The molecule has 1 heterocycles. The second-order valence-corrected chi connectivity index (χ2v) is 5.11. The third-order valence-corrected chi connectivity index (χ3v) is 3.63. The van der Waals surface area contributed by atoms with Crippen molar-refractivity contribution in [3.05, 3.63) is 65.9 Å². The topological polar surface area (TPSA) is 39.2 Å². The van der Waals surface area contributed by atoms with Crippen molar-refractivity contribution in [3.63, 3.8) is 0 Å². The minimum atomic E-state index is -0.322. The maximum Gasteiger partial charge on any atom is 0.339 e. The summed E-state index contributed by atoms with van der Waals surface area (Å²) in [6.07, 6.45) is 0. The molecule has 0 aliphatic heterocycles. The van der Waals surface area contributed by atoms with Gasteiger partial charge in [0, 0.05) is 5.56 Å². The van der Waals surface area contributed by atoms with Crippen molar-refractivity contribution < 1.29 is 9.53 Å². The van der Waals surface area contributed by atoms with Crippen molar-refractivity contribution in [1.82, 2.24) is 4.98 Å². The van der Waals surface area contributed by atoms with Crippen LogP contribution in [0.1, 0.15) is 23.0 Å². The Morgan fingerprint density at radius 1 is 1.05 bits per heavy atom. The molecule has 0 saturated heterocycles. The van der Waals surface area contributed by atoms with Crippen molar-refractivity contribution >= 4 is 16.7 Å². The Bertz CT molecular complexity index is 840. The lowest BCUT2D eigenvalue weighted by molar-refractivity contribution is 0.0525. The predicted octanol–water partition coefficient (Wildman–Crippen LogP) is 4.39. The number of carbonyl (C=O) groups is 1. The van der Waals surface area contributed by atoms with Gasteiger partial charge in [0.25, 0.3) is 0 Å². The molecule has 0 saturated carbocycles. The SMILES string of the molecule is CCOC(=O)c1ccc(-c2ccc3ccccc3c2)nc1C. The van der Waals surface area contributed by atoms with E-state index in [1.165, 1.54) is 10.8 Å². The summed E-state index contributed by atoms with van der Waals surface area (Å²) in [7, 11) is 0. The molecule has 0 N–H and O–H groups in total. The molecule has 0 amide bonds. The monoisotopic (exact) mass is 291 g/mol. The molecule has 0 unspecified atom stereocenters. The number of nitrogens with zero attached hydrogens (tertiary/aromatic N) is 1. The van der Waals surface area contributed by atoms with Gasteiger partial charge in [-0.15, -0.1) is 0 Å². The molecular weight excluding hydrogens is 274 g/mol. The highest BCUT2D eigenvalue weighted by atomic mass is 16.5. The van der Waals surface area contributed by atoms with Gasteiger partial charge in [-0.05, 0) is 42.8 Å². The summed E-state index contributed by atoms with van der Waals surface area (Å²) in [5.41, 5.74) is 3.10. The molecule has 1 aromatic heterocycles. The second-order valence-electron chi connectivity index (χ2n) is 5.11. The molecule has 3 rings (SSSR count). The molecule has 3 nitrogen and oxygen atoms in total. The van der Waals surface area contributed by atoms with Crippen LogP contribution >= 0.6 is 0 Å². The Labute approximate surface area is 129 Å². The normalized spacial score (nSPS) is 10.6. The Morgan fingerprint density at radius 2 is 1.82 bits per heavy atom. The molecule has 22 heavy (non-hydrogen) atoms. The third kappa shape index (κ3) is 2.70. The molecule has 2 aromatic carbocycles. The number of esters is 1. The average molecular weight is 291 g/mol. The smallest absolute Gasteiger partial charge is 0.339 e. The van der Waals surface area contributed by atoms with E-state index < -0.39 is 0 Å². The van der Waals surface area contributed by atoms with Crippen molar-refractivity contribution in [2.24, 2.45) is 0 Å². The van der Waals surface area contributed by atoms with E-state index in [1.807, 2.05) is 31.2 Å². The fourth-order valence-corrected chi connectivity index (χ4v) is 2.50. The lowest BCUT2D eigenvalue weighted by Crippen LogP contribution is -2.08. The van der Waals surface area contributed by atoms with E-state index in [9.17, 15) is 4.79 Å². The number of ether oxygens (including phenoxy) is 1. The maximum absolute atomic E-state index is 11.8. The van der Waals surface area contributed by atoms with Crippen molar-refractivity contribution in [2.45, 2.75) is 13.8 Å². The van der Waals surface area contributed by atoms with Crippen LogP contribution in [0.2, 0.25) is 0 Å². The quantitative estimate of drug-likeness (QED) is 0.672. The number of pyridine rings is 1. The minimum Gasteiger partial charge on any atom is -0.462 e. The molecular formula is C19H17NO2. The molecule has 0 bridgehead atoms. The number of hydrogen-bond acceptors (Lipinski definition) is 3. The molecule has 3 heteroatoms. The van der Waals surface area contributed by atoms with Crippen LogP contribution < -0.4 is 0 Å². The van der Waals surface area contributed by atoms with Gasteiger partial charge in [0.05, 0.1) is 23.6 Å². The standard InChI is InChI=1S/C19H17NO2/c1-3-22-19(21)17-10-11-18(20-13(17)2)16-9-8-14-6-4-5-7-15(14)12-16/h4-12H,3H2,1-2H3. The summed E-state index contributed by atoms with van der Waals surface area (Å²) in [5, 5.41) is 2.38. The first-order valence-electron chi connectivity index (χ1n) is 7.33. The summed E-state index contributed by atoms with van der Waals surface area (Å²) < 4.78 is 5.03. The molecule has 0 radical (unpaired) electrons. The van der Waals surface area contributed by atoms with E-state index in [-0.39, 0.29) is 5.97 Å². The Morgan fingerprint density at radius 3 is 2.55 bits per heavy atom. The van der Waals surface area contributed by atoms with Gasteiger partial charge in [0.1, 0.15) is 0 Å². The summed E-state index contributed by atoms with van der Waals surface area (Å²) >= 11 is 0. The summed E-state index contributed by atoms with van der Waals surface area (Å²) in [6.45, 7) is 3.99. The van der Waals surface area contributed by atoms with E-state index in [0.717, 1.165) is 11.3 Å². The van der Waals surface area contributed by atoms with Crippen LogP contribution in [0, 0.1) is 6.92 Å². The number of rotatable bonds is 3. The number of aryl methyl sites for hydroxylation is 1. The maximum atomic E-state index is 11.8. The number of carbonyl (C=O) groups excluding carboxylic acids is 1. The molecule has 0 aliphatic rings. The van der Waals surface area contributed by atoms with Crippen LogP contribution in [-0.4, -0.2) is 17.6 Å². The van der Waals surface area contributed by atoms with Crippen LogP contribution in [0.25, 0.3) is 22.0 Å². The molecule has 0 fully saturated rings. The van der Waals surface area contributed by atoms with Crippen molar-refractivity contribution in [2.75, 3.05) is 6.61 Å². The van der Waals surface area contributed by atoms with Crippen LogP contribution in [-0.2, 0) is 4.74 Å². The fraction of sp³-hybridized carbons (Fsp3) is 0.158. The zero-order valence-electron chi connectivity index (χ0n) is 12.7. The predicted molar refractivity (Wildman–Crippen MR) is 87.9 cm³/mol. The Hall–Kier alpha value is -2.68. The van der Waals surface area contributed by atoms with Gasteiger partial charge in [-0.2, -0.15) is 0 Å². The number of fused-ring (bicyclic) bond motifs is 1. The van der Waals surface area contributed by atoms with Crippen LogP contribution in [0.3, 0.4) is 0 Å². The minimum absolute atomic E-state index is 0.322. The summed E-state index contributed by atoms with van der Waals surface area (Å²) in [5.74, 6) is -0.322. The van der Waals surface area contributed by atoms with Crippen LogP contribution in [0.5, 0.6) is 0 Å². The number of aromatic nitrogens is 1. The zero-order chi connectivity index (χ0) is 15.5. The van der Waals surface area contributed by atoms with Gasteiger partial charge < -0.3 is 4.74 Å². The van der Waals surface area contributed by atoms with E-state index in [1.54, 1.807) is 13.0 Å². The van der Waals surface area contributed by atoms with Gasteiger partial charge in [-0.3, -0.25) is 4.98 Å². The van der Waals surface area contributed by atoms with Gasteiger partial charge in [0.2, 0.25) is 0 Å². The first kappa shape index (κ1) is 14.3. The van der Waals surface area contributed by atoms with E-state index in [0.29, 0.717) is 17.9 Å². The van der Waals surface area contributed by atoms with Gasteiger partial charge in [0.15, 0.2) is 0 Å². The molecule has 0 aliphatic carbocycles. The van der Waals surface area contributed by atoms with Crippen LogP contribution in [0.15, 0.2) is 54.6 Å². The average Bonchev–Trinajstić information content (AvgIpc) is 2.54. The van der Waals surface area contributed by atoms with Crippen molar-refractivity contribution in [1.29, 1.82) is 0 Å². The number of benzene rings is 2. The van der Waals surface area contributed by atoms with Crippen LogP contribution in [0.4, 0.5) is 0 Å². The van der Waals surface area contributed by atoms with Crippen molar-refractivity contribution in [3.8, 4) is 11.3 Å². The van der Waals surface area contributed by atoms with E-state index in [2.05, 4.69) is 29.2 Å². The van der Waals surface area contributed by atoms with Gasteiger partial charge >= 0.3 is 5.97 Å². The lowest BCUT2D eigenvalue weighted by atomic mass is 10.0. The first-order valence-corrected chi connectivity index (χ1v) is 7.33. The van der Waals surface area contributed by atoms with Gasteiger partial charge in [-0.25, -0.2) is 4.79 Å². The first-order chi connectivity index (χ1) is 10.7. The molecule has 110 valence electrons. The lowest BCUT2D eigenvalue weighted by Gasteiger charge is -2.08. The highest BCUT2D eigenvalue weighted by molar-refractivity contribution is 5.91. The second kappa shape index (κ2) is 5.98. The van der Waals surface area contributed by atoms with E-state index in [4.69, 9.17) is 4.74 Å². The van der Waals surface area contributed by atoms with Gasteiger partial charge in [-0.1, -0.05) is 36.4 Å². The molecule has 3 aromatic rings. The largest absolute Gasteiger partial charge is 0.462 e. The molecule has 0 atom stereocenters. The highest BCUT2D eigenvalue weighted by Gasteiger charge is 2.12. The third-order valence-electron chi connectivity index (χ3n) is 3.63. The highest BCUT2D eigenvalue weighted by Crippen LogP contribution is 2.24. The Balaban J connectivity index is 2.00. The summed E-state index contributed by atoms with van der Waals surface area (Å²) in [4.78, 5) is 16.4. The zero-order valence-corrected chi connectivity index (χ0v) is 12.7. The molecule has 0 spiro atoms. The Kier molecular flexibility index (Phi) is 3.88.